The van der Waals surface area contributed by atoms with Gasteiger partial charge < -0.3 is 5.32 Å². The van der Waals surface area contributed by atoms with Gasteiger partial charge in [-0.15, -0.1) is 6.58 Å². The van der Waals surface area contributed by atoms with Crippen LogP contribution < -0.4 is 5.32 Å². The molecule has 0 aliphatic rings. The minimum absolute atomic E-state index is 0.192. The molecule has 0 saturated carbocycles. The van der Waals surface area contributed by atoms with Crippen molar-refractivity contribution in [1.29, 1.82) is 0 Å². The Bertz CT molecular complexity index is 300. The Hall–Kier alpha value is -0.790. The van der Waals surface area contributed by atoms with Gasteiger partial charge in [0.1, 0.15) is 0 Å². The molecule has 76 valence electrons. The fourth-order valence-corrected chi connectivity index (χ4v) is 1.80. The Morgan fingerprint density at radius 2 is 2.21 bits per heavy atom. The van der Waals surface area contributed by atoms with Gasteiger partial charge in [0.2, 0.25) is 0 Å². The number of hydrogen-bond donors (Lipinski definition) is 1. The van der Waals surface area contributed by atoms with E-state index in [4.69, 9.17) is 11.6 Å². The molecule has 1 aromatic rings. The van der Waals surface area contributed by atoms with Gasteiger partial charge in [-0.05, 0) is 36.7 Å². The predicted octanol–water partition coefficient (Wildman–Crippen LogP) is 3.49. The van der Waals surface area contributed by atoms with Crippen LogP contribution in [0.2, 0.25) is 5.02 Å². The number of hydrogen-bond acceptors (Lipinski definition) is 1. The van der Waals surface area contributed by atoms with Crippen molar-refractivity contribution in [2.24, 2.45) is 0 Å². The molecule has 0 aliphatic heterocycles. The minimum atomic E-state index is 0.192. The van der Waals surface area contributed by atoms with Gasteiger partial charge in [-0.1, -0.05) is 30.7 Å². The first-order valence-electron chi connectivity index (χ1n) is 4.80. The van der Waals surface area contributed by atoms with Gasteiger partial charge in [0.25, 0.3) is 0 Å². The molecule has 0 aliphatic carbocycles. The quantitative estimate of drug-likeness (QED) is 0.749. The first kappa shape index (κ1) is 11.3. The number of aryl methyl sites for hydroxylation is 1. The molecular formula is C12H16ClN. The SMILES string of the molecule is C=CC(NCC)c1cc(C)cc(Cl)c1. The summed E-state index contributed by atoms with van der Waals surface area (Å²) < 4.78 is 0. The van der Waals surface area contributed by atoms with Crippen molar-refractivity contribution in [3.05, 3.63) is 47.0 Å². The number of likely N-dealkylation sites (N-methyl/N-ethyl adjacent to an activating group) is 1. The van der Waals surface area contributed by atoms with Crippen LogP contribution in [-0.4, -0.2) is 6.54 Å². The molecule has 1 atom stereocenters. The van der Waals surface area contributed by atoms with Gasteiger partial charge in [-0.2, -0.15) is 0 Å². The standard InChI is InChI=1S/C12H16ClN/c1-4-12(14-5-2)10-6-9(3)7-11(13)8-10/h4,6-8,12,14H,1,5H2,2-3H3. The average Bonchev–Trinajstić information content (AvgIpc) is 2.12. The van der Waals surface area contributed by atoms with Gasteiger partial charge in [0.05, 0.1) is 6.04 Å². The Balaban J connectivity index is 2.97. The van der Waals surface area contributed by atoms with Crippen LogP contribution >= 0.6 is 11.6 Å². The number of halogens is 1. The largest absolute Gasteiger partial charge is 0.307 e. The van der Waals surface area contributed by atoms with Gasteiger partial charge in [-0.25, -0.2) is 0 Å². The van der Waals surface area contributed by atoms with Crippen molar-refractivity contribution in [3.63, 3.8) is 0 Å². The van der Waals surface area contributed by atoms with Crippen LogP contribution in [0.25, 0.3) is 0 Å². The Labute approximate surface area is 90.8 Å². The summed E-state index contributed by atoms with van der Waals surface area (Å²) >= 11 is 5.99. The molecule has 0 radical (unpaired) electrons. The molecule has 0 saturated heterocycles. The first-order chi connectivity index (χ1) is 6.67. The van der Waals surface area contributed by atoms with Crippen molar-refractivity contribution in [2.45, 2.75) is 19.9 Å². The fraction of sp³-hybridized carbons (Fsp3) is 0.333. The maximum absolute atomic E-state index is 5.99. The zero-order chi connectivity index (χ0) is 10.6. The summed E-state index contributed by atoms with van der Waals surface area (Å²) in [5.41, 5.74) is 2.35. The van der Waals surface area contributed by atoms with E-state index in [2.05, 4.69) is 24.9 Å². The van der Waals surface area contributed by atoms with Crippen LogP contribution in [0, 0.1) is 6.92 Å². The van der Waals surface area contributed by atoms with Crippen molar-refractivity contribution in [3.8, 4) is 0 Å². The predicted molar refractivity (Wildman–Crippen MR) is 62.8 cm³/mol. The van der Waals surface area contributed by atoms with E-state index in [0.717, 1.165) is 11.6 Å². The summed E-state index contributed by atoms with van der Waals surface area (Å²) in [5, 5.41) is 4.11. The molecule has 1 rings (SSSR count). The maximum atomic E-state index is 5.99. The minimum Gasteiger partial charge on any atom is -0.307 e. The maximum Gasteiger partial charge on any atom is 0.0504 e. The summed E-state index contributed by atoms with van der Waals surface area (Å²) in [7, 11) is 0. The molecule has 2 heteroatoms. The smallest absolute Gasteiger partial charge is 0.0504 e. The van der Waals surface area contributed by atoms with Crippen LogP contribution in [0.5, 0.6) is 0 Å². The first-order valence-corrected chi connectivity index (χ1v) is 5.18. The van der Waals surface area contributed by atoms with E-state index >= 15 is 0 Å². The molecule has 0 heterocycles. The number of rotatable bonds is 4. The average molecular weight is 210 g/mol. The van der Waals surface area contributed by atoms with Crippen molar-refractivity contribution < 1.29 is 0 Å². The van der Waals surface area contributed by atoms with Crippen molar-refractivity contribution in [1.82, 2.24) is 5.32 Å². The molecule has 0 amide bonds. The molecular weight excluding hydrogens is 194 g/mol. The zero-order valence-corrected chi connectivity index (χ0v) is 9.43. The van der Waals surface area contributed by atoms with E-state index < -0.39 is 0 Å². The summed E-state index contributed by atoms with van der Waals surface area (Å²) in [6, 6.07) is 6.25. The lowest BCUT2D eigenvalue weighted by atomic mass is 10.0. The molecule has 0 aromatic heterocycles. The topological polar surface area (TPSA) is 12.0 Å². The van der Waals surface area contributed by atoms with Crippen LogP contribution in [0.15, 0.2) is 30.9 Å². The highest BCUT2D eigenvalue weighted by atomic mass is 35.5. The third-order valence-corrected chi connectivity index (χ3v) is 2.30. The summed E-state index contributed by atoms with van der Waals surface area (Å²) in [6.07, 6.45) is 1.90. The molecule has 1 aromatic carbocycles. The zero-order valence-electron chi connectivity index (χ0n) is 8.68. The second kappa shape index (κ2) is 5.18. The van der Waals surface area contributed by atoms with Gasteiger partial charge >= 0.3 is 0 Å². The molecule has 1 nitrogen and oxygen atoms in total. The number of nitrogens with one attached hydrogen (secondary N) is 1. The monoisotopic (exact) mass is 209 g/mol. The Morgan fingerprint density at radius 1 is 1.50 bits per heavy atom. The van der Waals surface area contributed by atoms with Crippen LogP contribution in [-0.2, 0) is 0 Å². The van der Waals surface area contributed by atoms with Crippen molar-refractivity contribution >= 4 is 11.6 Å². The molecule has 0 bridgehead atoms. The van der Waals surface area contributed by atoms with E-state index in [-0.39, 0.29) is 6.04 Å². The molecule has 1 unspecified atom stereocenters. The summed E-state index contributed by atoms with van der Waals surface area (Å²) in [6.45, 7) is 8.85. The normalized spacial score (nSPS) is 12.5. The highest BCUT2D eigenvalue weighted by Crippen LogP contribution is 2.20. The molecule has 0 fully saturated rings. The van der Waals surface area contributed by atoms with E-state index in [9.17, 15) is 0 Å². The number of benzene rings is 1. The third-order valence-electron chi connectivity index (χ3n) is 2.08. The van der Waals surface area contributed by atoms with E-state index in [1.54, 1.807) is 0 Å². The van der Waals surface area contributed by atoms with Crippen LogP contribution in [0.1, 0.15) is 24.1 Å². The molecule has 0 spiro atoms. The van der Waals surface area contributed by atoms with Gasteiger partial charge in [-0.3, -0.25) is 0 Å². The second-order valence-electron chi connectivity index (χ2n) is 3.33. The summed E-state index contributed by atoms with van der Waals surface area (Å²) in [5.74, 6) is 0. The second-order valence-corrected chi connectivity index (χ2v) is 3.77. The lowest BCUT2D eigenvalue weighted by Crippen LogP contribution is -2.18. The lowest BCUT2D eigenvalue weighted by molar-refractivity contribution is 0.649. The molecule has 14 heavy (non-hydrogen) atoms. The highest BCUT2D eigenvalue weighted by Gasteiger charge is 2.06. The lowest BCUT2D eigenvalue weighted by Gasteiger charge is -2.14. The third kappa shape index (κ3) is 2.86. The van der Waals surface area contributed by atoms with Gasteiger partial charge in [0, 0.05) is 5.02 Å². The van der Waals surface area contributed by atoms with E-state index in [0.29, 0.717) is 0 Å². The summed E-state index contributed by atoms with van der Waals surface area (Å²) in [4.78, 5) is 0. The van der Waals surface area contributed by atoms with Crippen LogP contribution in [0.4, 0.5) is 0 Å². The van der Waals surface area contributed by atoms with E-state index in [1.807, 2.05) is 25.1 Å². The fourth-order valence-electron chi connectivity index (χ4n) is 1.50. The highest BCUT2D eigenvalue weighted by molar-refractivity contribution is 6.30. The van der Waals surface area contributed by atoms with E-state index in [1.165, 1.54) is 11.1 Å². The Kier molecular flexibility index (Phi) is 4.18. The van der Waals surface area contributed by atoms with Crippen LogP contribution in [0.3, 0.4) is 0 Å². The molecule has 1 N–H and O–H groups in total. The Morgan fingerprint density at radius 3 is 2.71 bits per heavy atom. The van der Waals surface area contributed by atoms with Crippen molar-refractivity contribution in [2.75, 3.05) is 6.54 Å². The van der Waals surface area contributed by atoms with Gasteiger partial charge in [0.15, 0.2) is 0 Å².